The fourth-order valence-corrected chi connectivity index (χ4v) is 2.85. The van der Waals surface area contributed by atoms with Gasteiger partial charge < -0.3 is 10.1 Å². The number of imidazole rings is 1. The van der Waals surface area contributed by atoms with E-state index in [1.807, 2.05) is 18.2 Å². The van der Waals surface area contributed by atoms with Crippen LogP contribution in [0.2, 0.25) is 0 Å². The number of pyridine rings is 1. The number of hydrogen-bond donors (Lipinski definition) is 3. The number of hydrogen-bond acceptors (Lipinski definition) is 4. The molecule has 3 rings (SSSR count). The number of rotatable bonds is 4. The first-order chi connectivity index (χ1) is 10.1. The van der Waals surface area contributed by atoms with Gasteiger partial charge in [-0.3, -0.25) is 14.9 Å². The molecule has 1 fully saturated rings. The maximum absolute atomic E-state index is 11.3. The maximum Gasteiger partial charge on any atom is 0.354 e. The zero-order chi connectivity index (χ0) is 14.8. The van der Waals surface area contributed by atoms with E-state index < -0.39 is 11.7 Å². The Labute approximate surface area is 120 Å². The zero-order valence-corrected chi connectivity index (χ0v) is 11.4. The minimum Gasteiger partial charge on any atom is -0.477 e. The van der Waals surface area contributed by atoms with Gasteiger partial charge in [-0.2, -0.15) is 0 Å². The monoisotopic (exact) mass is 288 g/mol. The second-order valence-corrected chi connectivity index (χ2v) is 5.12. The van der Waals surface area contributed by atoms with Gasteiger partial charge in [0.25, 0.3) is 0 Å². The standard InChI is InChI=1S/C14H16N4O3/c19-13(20)12-10(16-14(21)17-12)8-18-7-3-5-11(18)9-4-1-2-6-15-9/h1-2,4,6,11H,3,5,7-8H2,(H,19,20)(H2,16,17,21)/t11-/m1/s1. The van der Waals surface area contributed by atoms with Crippen LogP contribution in [0.5, 0.6) is 0 Å². The van der Waals surface area contributed by atoms with Crippen LogP contribution in [0.1, 0.15) is 40.8 Å². The van der Waals surface area contributed by atoms with Crippen molar-refractivity contribution in [2.45, 2.75) is 25.4 Å². The van der Waals surface area contributed by atoms with Crippen LogP contribution in [0.3, 0.4) is 0 Å². The second kappa shape index (κ2) is 5.53. The van der Waals surface area contributed by atoms with E-state index in [2.05, 4.69) is 19.9 Å². The quantitative estimate of drug-likeness (QED) is 0.782. The fraction of sp³-hybridized carbons (Fsp3) is 0.357. The zero-order valence-electron chi connectivity index (χ0n) is 11.4. The third-order valence-corrected chi connectivity index (χ3v) is 3.77. The number of carboxylic acid groups (broad SMARTS) is 1. The summed E-state index contributed by atoms with van der Waals surface area (Å²) in [6, 6.07) is 5.95. The molecule has 1 aliphatic heterocycles. The molecule has 0 saturated carbocycles. The van der Waals surface area contributed by atoms with Crippen LogP contribution in [0.25, 0.3) is 0 Å². The maximum atomic E-state index is 11.3. The Morgan fingerprint density at radius 2 is 2.29 bits per heavy atom. The van der Waals surface area contributed by atoms with Gasteiger partial charge in [0, 0.05) is 12.7 Å². The Balaban J connectivity index is 1.84. The van der Waals surface area contributed by atoms with Gasteiger partial charge in [0.05, 0.1) is 17.4 Å². The molecule has 110 valence electrons. The first-order valence-electron chi connectivity index (χ1n) is 6.84. The van der Waals surface area contributed by atoms with Gasteiger partial charge in [0.15, 0.2) is 0 Å². The van der Waals surface area contributed by atoms with Gasteiger partial charge in [0.2, 0.25) is 0 Å². The lowest BCUT2D eigenvalue weighted by Gasteiger charge is -2.23. The molecule has 0 unspecified atom stereocenters. The van der Waals surface area contributed by atoms with E-state index in [0.29, 0.717) is 12.2 Å². The molecule has 2 aromatic rings. The molecule has 21 heavy (non-hydrogen) atoms. The Hall–Kier alpha value is -2.41. The lowest BCUT2D eigenvalue weighted by atomic mass is 10.1. The summed E-state index contributed by atoms with van der Waals surface area (Å²) in [6.07, 6.45) is 3.76. The number of carboxylic acids is 1. The molecule has 0 aromatic carbocycles. The first kappa shape index (κ1) is 13.6. The minimum absolute atomic E-state index is 0.0633. The molecule has 2 aromatic heterocycles. The van der Waals surface area contributed by atoms with Crippen molar-refractivity contribution in [1.82, 2.24) is 19.9 Å². The molecule has 1 atom stereocenters. The van der Waals surface area contributed by atoms with Crippen molar-refractivity contribution in [2.75, 3.05) is 6.54 Å². The van der Waals surface area contributed by atoms with E-state index in [-0.39, 0.29) is 11.7 Å². The van der Waals surface area contributed by atoms with Crippen LogP contribution < -0.4 is 5.69 Å². The van der Waals surface area contributed by atoms with Crippen LogP contribution in [0, 0.1) is 0 Å². The Morgan fingerprint density at radius 3 is 3.00 bits per heavy atom. The van der Waals surface area contributed by atoms with Crippen LogP contribution >= 0.6 is 0 Å². The molecule has 1 saturated heterocycles. The van der Waals surface area contributed by atoms with Crippen LogP contribution in [-0.4, -0.2) is 37.5 Å². The Bertz CT molecular complexity index is 692. The molecule has 0 amide bonds. The van der Waals surface area contributed by atoms with E-state index in [4.69, 9.17) is 5.11 Å². The number of nitrogens with zero attached hydrogens (tertiary/aromatic N) is 2. The molecular weight excluding hydrogens is 272 g/mol. The van der Waals surface area contributed by atoms with Crippen molar-refractivity contribution in [3.8, 4) is 0 Å². The first-order valence-corrected chi connectivity index (χ1v) is 6.84. The molecule has 7 heteroatoms. The van der Waals surface area contributed by atoms with E-state index >= 15 is 0 Å². The number of nitrogens with one attached hydrogen (secondary N) is 2. The molecule has 3 N–H and O–H groups in total. The molecule has 7 nitrogen and oxygen atoms in total. The average molecular weight is 288 g/mol. The van der Waals surface area contributed by atoms with Crippen molar-refractivity contribution in [2.24, 2.45) is 0 Å². The van der Waals surface area contributed by atoms with Crippen molar-refractivity contribution in [3.05, 3.63) is 52.0 Å². The molecule has 0 spiro atoms. The van der Waals surface area contributed by atoms with Crippen molar-refractivity contribution >= 4 is 5.97 Å². The lowest BCUT2D eigenvalue weighted by Crippen LogP contribution is -2.24. The van der Waals surface area contributed by atoms with Gasteiger partial charge in [0.1, 0.15) is 5.69 Å². The predicted octanol–water partition coefficient (Wildman–Crippen LogP) is 1.13. The summed E-state index contributed by atoms with van der Waals surface area (Å²) in [5.41, 5.74) is 0.836. The smallest absolute Gasteiger partial charge is 0.354 e. The Kier molecular flexibility index (Phi) is 3.57. The molecule has 3 heterocycles. The number of likely N-dealkylation sites (tertiary alicyclic amines) is 1. The molecule has 0 radical (unpaired) electrons. The lowest BCUT2D eigenvalue weighted by molar-refractivity contribution is 0.0688. The highest BCUT2D eigenvalue weighted by Gasteiger charge is 2.28. The highest BCUT2D eigenvalue weighted by Crippen LogP contribution is 2.31. The van der Waals surface area contributed by atoms with E-state index in [9.17, 15) is 9.59 Å². The Morgan fingerprint density at radius 1 is 1.43 bits per heavy atom. The number of carbonyl (C=O) groups is 1. The summed E-state index contributed by atoms with van der Waals surface area (Å²) in [6.45, 7) is 1.25. The van der Waals surface area contributed by atoms with E-state index in [1.165, 1.54) is 0 Å². The second-order valence-electron chi connectivity index (χ2n) is 5.12. The van der Waals surface area contributed by atoms with Crippen molar-refractivity contribution in [1.29, 1.82) is 0 Å². The fourth-order valence-electron chi connectivity index (χ4n) is 2.85. The van der Waals surface area contributed by atoms with Crippen LogP contribution in [0.15, 0.2) is 29.2 Å². The van der Waals surface area contributed by atoms with E-state index in [1.54, 1.807) is 6.20 Å². The number of H-pyrrole nitrogens is 2. The predicted molar refractivity (Wildman–Crippen MR) is 75.0 cm³/mol. The average Bonchev–Trinajstić information content (AvgIpc) is 3.07. The number of aromatic carboxylic acids is 1. The summed E-state index contributed by atoms with van der Waals surface area (Å²) in [5, 5.41) is 9.11. The topological polar surface area (TPSA) is 102 Å². The van der Waals surface area contributed by atoms with Crippen molar-refractivity contribution in [3.63, 3.8) is 0 Å². The minimum atomic E-state index is -1.13. The van der Waals surface area contributed by atoms with Gasteiger partial charge >= 0.3 is 11.7 Å². The highest BCUT2D eigenvalue weighted by atomic mass is 16.4. The number of aromatic nitrogens is 3. The summed E-state index contributed by atoms with van der Waals surface area (Å²) < 4.78 is 0. The summed E-state index contributed by atoms with van der Waals surface area (Å²) in [5.74, 6) is -1.13. The van der Waals surface area contributed by atoms with Crippen LogP contribution in [-0.2, 0) is 6.54 Å². The third-order valence-electron chi connectivity index (χ3n) is 3.77. The van der Waals surface area contributed by atoms with Gasteiger partial charge in [-0.25, -0.2) is 9.59 Å². The number of aromatic amines is 2. The summed E-state index contributed by atoms with van der Waals surface area (Å²) in [7, 11) is 0. The molecule has 1 aliphatic rings. The van der Waals surface area contributed by atoms with Gasteiger partial charge in [-0.05, 0) is 31.5 Å². The molecular formula is C14H16N4O3. The summed E-state index contributed by atoms with van der Waals surface area (Å²) >= 11 is 0. The van der Waals surface area contributed by atoms with Crippen molar-refractivity contribution < 1.29 is 9.90 Å². The van der Waals surface area contributed by atoms with Gasteiger partial charge in [-0.1, -0.05) is 6.07 Å². The normalized spacial score (nSPS) is 19.0. The van der Waals surface area contributed by atoms with Gasteiger partial charge in [-0.15, -0.1) is 0 Å². The largest absolute Gasteiger partial charge is 0.477 e. The van der Waals surface area contributed by atoms with E-state index in [0.717, 1.165) is 25.1 Å². The highest BCUT2D eigenvalue weighted by molar-refractivity contribution is 5.86. The summed E-state index contributed by atoms with van der Waals surface area (Å²) in [4.78, 5) is 33.9. The molecule has 0 bridgehead atoms. The van der Waals surface area contributed by atoms with Crippen LogP contribution in [0.4, 0.5) is 0 Å². The SMILES string of the molecule is O=C(O)c1[nH]c(=O)[nH]c1CN1CCC[C@@H]1c1ccccn1. The molecule has 0 aliphatic carbocycles. The third kappa shape index (κ3) is 2.73.